The molecule has 2 aromatic heterocycles. The van der Waals surface area contributed by atoms with Crippen LogP contribution in [0.1, 0.15) is 31.4 Å². The number of nitrogens with one attached hydrogen (secondary N) is 1. The van der Waals surface area contributed by atoms with E-state index in [1.165, 1.54) is 0 Å². The molecule has 1 saturated carbocycles. The van der Waals surface area contributed by atoms with Crippen LogP contribution < -0.4 is 24.3 Å². The van der Waals surface area contributed by atoms with Crippen molar-refractivity contribution in [3.05, 3.63) is 42.5 Å². The van der Waals surface area contributed by atoms with Crippen molar-refractivity contribution in [3.63, 3.8) is 0 Å². The third kappa shape index (κ3) is 4.70. The van der Waals surface area contributed by atoms with Gasteiger partial charge >= 0.3 is 0 Å². The molecule has 0 spiro atoms. The Hall–Kier alpha value is -3.13. The molecule has 1 N–H and O–H groups in total. The van der Waals surface area contributed by atoms with E-state index >= 15 is 0 Å². The minimum atomic E-state index is 0.491. The molecule has 8 nitrogen and oxygen atoms in total. The fraction of sp³-hybridized carbons (Fsp3) is 0.458. The molecule has 1 fully saturated rings. The van der Waals surface area contributed by atoms with Gasteiger partial charge in [-0.05, 0) is 49.8 Å². The van der Waals surface area contributed by atoms with Crippen molar-refractivity contribution in [1.29, 1.82) is 0 Å². The minimum Gasteiger partial charge on any atom is -0.497 e. The van der Waals surface area contributed by atoms with E-state index in [1.54, 1.807) is 19.6 Å². The van der Waals surface area contributed by atoms with Crippen LogP contribution in [0.25, 0.3) is 10.9 Å². The van der Waals surface area contributed by atoms with Gasteiger partial charge < -0.3 is 24.3 Å². The van der Waals surface area contributed by atoms with Crippen molar-refractivity contribution in [2.24, 2.45) is 5.92 Å². The minimum absolute atomic E-state index is 0.491. The van der Waals surface area contributed by atoms with Gasteiger partial charge in [0.25, 0.3) is 0 Å². The zero-order valence-corrected chi connectivity index (χ0v) is 18.3. The van der Waals surface area contributed by atoms with Gasteiger partial charge in [-0.25, -0.2) is 9.97 Å². The molecule has 0 unspecified atom stereocenters. The van der Waals surface area contributed by atoms with Gasteiger partial charge in [0.2, 0.25) is 5.88 Å². The summed E-state index contributed by atoms with van der Waals surface area (Å²) >= 11 is 0. The Balaban J connectivity index is 1.10. The van der Waals surface area contributed by atoms with Crippen LogP contribution in [0.4, 0.5) is 0 Å². The lowest BCUT2D eigenvalue weighted by Crippen LogP contribution is -2.34. The van der Waals surface area contributed by atoms with E-state index in [-0.39, 0.29) is 0 Å². The van der Waals surface area contributed by atoms with Crippen molar-refractivity contribution in [3.8, 4) is 23.1 Å². The normalized spacial score (nSPS) is 20.2. The lowest BCUT2D eigenvalue weighted by Gasteiger charge is -2.29. The van der Waals surface area contributed by atoms with Gasteiger partial charge in [-0.15, -0.1) is 0 Å². The van der Waals surface area contributed by atoms with Crippen LogP contribution in [0.5, 0.6) is 23.1 Å². The number of ether oxygens (including phenoxy) is 4. The van der Waals surface area contributed by atoms with Gasteiger partial charge in [-0.2, -0.15) is 0 Å². The van der Waals surface area contributed by atoms with Crippen LogP contribution in [0.15, 0.2) is 36.8 Å². The van der Waals surface area contributed by atoms with Gasteiger partial charge in [0.1, 0.15) is 25.3 Å². The third-order valence-corrected chi connectivity index (χ3v) is 6.17. The molecule has 168 valence electrons. The van der Waals surface area contributed by atoms with Crippen molar-refractivity contribution in [2.75, 3.05) is 26.9 Å². The van der Waals surface area contributed by atoms with E-state index in [2.05, 4.69) is 20.3 Å². The van der Waals surface area contributed by atoms with Gasteiger partial charge in [0.05, 0.1) is 36.5 Å². The Bertz CT molecular complexity index is 1070. The number of fused-ring (bicyclic) bond motifs is 2. The summed E-state index contributed by atoms with van der Waals surface area (Å²) in [5.41, 5.74) is 1.84. The van der Waals surface area contributed by atoms with Crippen LogP contribution in [0.2, 0.25) is 0 Å². The smallest absolute Gasteiger partial charge is 0.224 e. The van der Waals surface area contributed by atoms with Crippen molar-refractivity contribution in [2.45, 2.75) is 38.3 Å². The van der Waals surface area contributed by atoms with Gasteiger partial charge in [-0.1, -0.05) is 0 Å². The lowest BCUT2D eigenvalue weighted by atomic mass is 9.86. The highest BCUT2D eigenvalue weighted by molar-refractivity contribution is 5.84. The maximum Gasteiger partial charge on any atom is 0.224 e. The second-order valence-corrected chi connectivity index (χ2v) is 8.29. The van der Waals surface area contributed by atoms with E-state index in [9.17, 15) is 0 Å². The highest BCUT2D eigenvalue weighted by Gasteiger charge is 2.22. The molecule has 0 amide bonds. The quantitative estimate of drug-likeness (QED) is 0.602. The molecular formula is C24H28N4O4. The fourth-order valence-electron chi connectivity index (χ4n) is 4.32. The number of hydrogen-bond donors (Lipinski definition) is 1. The Labute approximate surface area is 187 Å². The number of rotatable bonds is 7. The average molecular weight is 437 g/mol. The van der Waals surface area contributed by atoms with Crippen LogP contribution in [0.3, 0.4) is 0 Å². The summed E-state index contributed by atoms with van der Waals surface area (Å²) in [5.74, 6) is 3.44. The number of nitrogens with zero attached hydrogens (tertiary/aromatic N) is 3. The Morgan fingerprint density at radius 1 is 1.00 bits per heavy atom. The van der Waals surface area contributed by atoms with Crippen LogP contribution >= 0.6 is 0 Å². The molecule has 0 radical (unpaired) electrons. The number of aromatic nitrogens is 3. The zero-order valence-electron chi connectivity index (χ0n) is 18.3. The summed E-state index contributed by atoms with van der Waals surface area (Å²) in [5, 5.41) is 4.53. The molecule has 1 aromatic carbocycles. The first-order valence-corrected chi connectivity index (χ1v) is 11.2. The molecule has 0 bridgehead atoms. The monoisotopic (exact) mass is 436 g/mol. The molecule has 8 heteroatoms. The van der Waals surface area contributed by atoms with Gasteiger partial charge in [-0.3, -0.25) is 4.98 Å². The fourth-order valence-corrected chi connectivity index (χ4v) is 4.32. The molecule has 32 heavy (non-hydrogen) atoms. The molecule has 3 heterocycles. The highest BCUT2D eigenvalue weighted by atomic mass is 16.6. The van der Waals surface area contributed by atoms with Crippen molar-refractivity contribution >= 4 is 10.9 Å². The van der Waals surface area contributed by atoms with Crippen molar-refractivity contribution in [1.82, 2.24) is 20.3 Å². The van der Waals surface area contributed by atoms with E-state index in [4.69, 9.17) is 18.9 Å². The molecule has 1 aliphatic carbocycles. The largest absolute Gasteiger partial charge is 0.497 e. The second-order valence-electron chi connectivity index (χ2n) is 8.29. The summed E-state index contributed by atoms with van der Waals surface area (Å²) in [6.07, 6.45) is 7.80. The molecular weight excluding hydrogens is 408 g/mol. The standard InChI is InChI=1S/C24H28N4O4/c1-29-19-6-7-21-20(11-19)24(28-15-27-21)32-14-16-2-4-17(5-3-16)25-12-18-10-22-23(13-26-18)31-9-8-30-22/h6-7,10-11,13,15-17,25H,2-5,8-9,12,14H2,1H3. The molecule has 2 aliphatic rings. The number of hydrogen-bond acceptors (Lipinski definition) is 8. The van der Waals surface area contributed by atoms with Crippen molar-refractivity contribution < 1.29 is 18.9 Å². The average Bonchev–Trinajstić information content (AvgIpc) is 2.86. The first kappa shape index (κ1) is 20.8. The topological polar surface area (TPSA) is 87.6 Å². The lowest BCUT2D eigenvalue weighted by molar-refractivity contribution is 0.170. The Morgan fingerprint density at radius 3 is 2.69 bits per heavy atom. The number of benzene rings is 1. The van der Waals surface area contributed by atoms with Crippen LogP contribution in [-0.4, -0.2) is 47.9 Å². The molecule has 0 atom stereocenters. The zero-order chi connectivity index (χ0) is 21.8. The molecule has 5 rings (SSSR count). The maximum atomic E-state index is 6.11. The number of pyridine rings is 1. The SMILES string of the molecule is COc1ccc2ncnc(OCC3CCC(NCc4cc5c(cn4)OCCO5)CC3)c2c1. The highest BCUT2D eigenvalue weighted by Crippen LogP contribution is 2.31. The molecule has 1 aliphatic heterocycles. The Morgan fingerprint density at radius 2 is 1.84 bits per heavy atom. The predicted molar refractivity (Wildman–Crippen MR) is 119 cm³/mol. The second kappa shape index (κ2) is 9.56. The van der Waals surface area contributed by atoms with E-state index in [1.807, 2.05) is 24.3 Å². The van der Waals surface area contributed by atoms with E-state index < -0.39 is 0 Å². The van der Waals surface area contributed by atoms with Crippen LogP contribution in [0, 0.1) is 5.92 Å². The summed E-state index contributed by atoms with van der Waals surface area (Å²) < 4.78 is 22.6. The summed E-state index contributed by atoms with van der Waals surface area (Å²) in [4.78, 5) is 13.1. The molecule has 3 aromatic rings. The van der Waals surface area contributed by atoms with E-state index in [0.717, 1.165) is 66.1 Å². The predicted octanol–water partition coefficient (Wildman–Crippen LogP) is 3.53. The van der Waals surface area contributed by atoms with Crippen LogP contribution in [-0.2, 0) is 6.54 Å². The summed E-state index contributed by atoms with van der Waals surface area (Å²) in [7, 11) is 1.65. The number of methoxy groups -OCH3 is 1. The van der Waals surface area contributed by atoms with Gasteiger partial charge in [0.15, 0.2) is 11.5 Å². The first-order valence-electron chi connectivity index (χ1n) is 11.2. The Kier molecular flexibility index (Phi) is 6.20. The van der Waals surface area contributed by atoms with E-state index in [0.29, 0.717) is 37.7 Å². The first-order chi connectivity index (χ1) is 15.8. The third-order valence-electron chi connectivity index (χ3n) is 6.17. The van der Waals surface area contributed by atoms with Gasteiger partial charge in [0, 0.05) is 18.7 Å². The molecule has 0 saturated heterocycles. The maximum absolute atomic E-state index is 6.11. The summed E-state index contributed by atoms with van der Waals surface area (Å²) in [6.45, 7) is 2.58. The summed E-state index contributed by atoms with van der Waals surface area (Å²) in [6, 6.07) is 8.22.